The zero-order valence-corrected chi connectivity index (χ0v) is 17.9. The van der Waals surface area contributed by atoms with Crippen LogP contribution in [0.2, 0.25) is 0 Å². The Morgan fingerprint density at radius 2 is 1.90 bits per heavy atom. The molecule has 6 nitrogen and oxygen atoms in total. The molecule has 0 unspecified atom stereocenters. The summed E-state index contributed by atoms with van der Waals surface area (Å²) in [4.78, 5) is 19.9. The van der Waals surface area contributed by atoms with Crippen molar-refractivity contribution in [1.82, 2.24) is 24.5 Å². The molecular formula is C24H20N6S. The molecule has 0 amide bonds. The van der Waals surface area contributed by atoms with Crippen LogP contribution < -0.4 is 5.73 Å². The van der Waals surface area contributed by atoms with Crippen molar-refractivity contribution in [2.75, 3.05) is 5.73 Å². The lowest BCUT2D eigenvalue weighted by Crippen LogP contribution is -2.03. The minimum atomic E-state index is 0.455. The topological polar surface area (TPSA) is 82.5 Å². The van der Waals surface area contributed by atoms with E-state index in [0.717, 1.165) is 56.7 Å². The van der Waals surface area contributed by atoms with Crippen molar-refractivity contribution in [1.29, 1.82) is 0 Å². The van der Waals surface area contributed by atoms with Crippen LogP contribution in [0.15, 0.2) is 54.9 Å². The van der Waals surface area contributed by atoms with Gasteiger partial charge in [0, 0.05) is 23.0 Å². The highest BCUT2D eigenvalue weighted by Gasteiger charge is 2.20. The van der Waals surface area contributed by atoms with Crippen molar-refractivity contribution in [2.24, 2.45) is 0 Å². The van der Waals surface area contributed by atoms with Crippen LogP contribution in [0.5, 0.6) is 0 Å². The van der Waals surface area contributed by atoms with E-state index in [4.69, 9.17) is 15.7 Å². The molecule has 0 saturated carbocycles. The minimum absolute atomic E-state index is 0.455. The SMILES string of the molecule is Cc1cnc(-c2ccc3nc(-c4cccnc4N)n(-c4ccc5c(c4)CCC5)c3n2)s1. The largest absolute Gasteiger partial charge is 0.383 e. The summed E-state index contributed by atoms with van der Waals surface area (Å²) in [5.41, 5.74) is 13.4. The highest BCUT2D eigenvalue weighted by molar-refractivity contribution is 7.14. The average molecular weight is 425 g/mol. The number of fused-ring (bicyclic) bond motifs is 2. The van der Waals surface area contributed by atoms with Crippen molar-refractivity contribution in [3.05, 3.63) is 70.9 Å². The van der Waals surface area contributed by atoms with E-state index < -0.39 is 0 Å². The zero-order valence-electron chi connectivity index (χ0n) is 17.0. The Bertz CT molecular complexity index is 1450. The number of aryl methyl sites for hydroxylation is 3. The molecule has 0 saturated heterocycles. The molecule has 0 radical (unpaired) electrons. The van der Waals surface area contributed by atoms with Crippen LogP contribution in [0, 0.1) is 6.92 Å². The number of hydrogen-bond donors (Lipinski definition) is 1. The number of anilines is 1. The van der Waals surface area contributed by atoms with Gasteiger partial charge >= 0.3 is 0 Å². The first-order valence-corrected chi connectivity index (χ1v) is 11.1. The van der Waals surface area contributed by atoms with Gasteiger partial charge in [0.05, 0.1) is 5.56 Å². The van der Waals surface area contributed by atoms with Gasteiger partial charge in [-0.15, -0.1) is 11.3 Å². The fourth-order valence-corrected chi connectivity index (χ4v) is 5.01. The van der Waals surface area contributed by atoms with Crippen molar-refractivity contribution in [3.63, 3.8) is 0 Å². The zero-order chi connectivity index (χ0) is 20.9. The fourth-order valence-electron chi connectivity index (χ4n) is 4.28. The van der Waals surface area contributed by atoms with Gasteiger partial charge < -0.3 is 5.73 Å². The molecule has 0 spiro atoms. The maximum Gasteiger partial charge on any atom is 0.165 e. The van der Waals surface area contributed by atoms with Gasteiger partial charge in [0.15, 0.2) is 11.5 Å². The molecule has 0 aliphatic heterocycles. The molecule has 4 heterocycles. The Hall–Kier alpha value is -3.58. The molecule has 1 aliphatic carbocycles. The second-order valence-electron chi connectivity index (χ2n) is 7.83. The van der Waals surface area contributed by atoms with Crippen LogP contribution in [-0.2, 0) is 12.8 Å². The first kappa shape index (κ1) is 18.2. The predicted octanol–water partition coefficient (Wildman–Crippen LogP) is 4.99. The Balaban J connectivity index is 1.64. The van der Waals surface area contributed by atoms with E-state index in [0.29, 0.717) is 5.82 Å². The Morgan fingerprint density at radius 1 is 1.00 bits per heavy atom. The van der Waals surface area contributed by atoms with Gasteiger partial charge in [-0.05, 0) is 73.7 Å². The number of rotatable bonds is 3. The highest BCUT2D eigenvalue weighted by Crippen LogP contribution is 2.34. The third-order valence-corrected chi connectivity index (χ3v) is 6.70. The molecule has 5 aromatic rings. The maximum atomic E-state index is 6.24. The monoisotopic (exact) mass is 424 g/mol. The molecule has 4 aromatic heterocycles. The summed E-state index contributed by atoms with van der Waals surface area (Å²) in [5.74, 6) is 1.20. The molecule has 0 fully saturated rings. The van der Waals surface area contributed by atoms with Gasteiger partial charge in [0.1, 0.15) is 22.0 Å². The van der Waals surface area contributed by atoms with Gasteiger partial charge in [-0.25, -0.2) is 19.9 Å². The molecule has 31 heavy (non-hydrogen) atoms. The molecule has 0 atom stereocenters. The number of imidazole rings is 1. The molecule has 7 heteroatoms. The highest BCUT2D eigenvalue weighted by atomic mass is 32.1. The second-order valence-corrected chi connectivity index (χ2v) is 9.06. The lowest BCUT2D eigenvalue weighted by molar-refractivity contribution is 0.911. The third-order valence-electron chi connectivity index (χ3n) is 5.76. The van der Waals surface area contributed by atoms with Crippen molar-refractivity contribution in [3.8, 4) is 27.8 Å². The number of nitrogens with two attached hydrogens (primary N) is 1. The second kappa shape index (κ2) is 6.99. The van der Waals surface area contributed by atoms with Gasteiger partial charge in [-0.2, -0.15) is 0 Å². The van der Waals surface area contributed by atoms with Crippen molar-refractivity contribution < 1.29 is 0 Å². The van der Waals surface area contributed by atoms with Crippen LogP contribution in [0.3, 0.4) is 0 Å². The molecule has 2 N–H and O–H groups in total. The Kier molecular flexibility index (Phi) is 4.11. The normalized spacial score (nSPS) is 13.1. The number of thiazole rings is 1. The number of hydrogen-bond acceptors (Lipinski definition) is 6. The summed E-state index contributed by atoms with van der Waals surface area (Å²) >= 11 is 1.64. The van der Waals surface area contributed by atoms with Crippen LogP contribution in [-0.4, -0.2) is 24.5 Å². The summed E-state index contributed by atoms with van der Waals surface area (Å²) in [6.45, 7) is 2.05. The molecular weight excluding hydrogens is 404 g/mol. The van der Waals surface area contributed by atoms with Crippen molar-refractivity contribution in [2.45, 2.75) is 26.2 Å². The third kappa shape index (κ3) is 3.00. The smallest absolute Gasteiger partial charge is 0.165 e. The van der Waals surface area contributed by atoms with E-state index in [1.807, 2.05) is 30.5 Å². The van der Waals surface area contributed by atoms with E-state index in [1.54, 1.807) is 17.5 Å². The number of pyridine rings is 2. The summed E-state index contributed by atoms with van der Waals surface area (Å²) in [6, 6.07) is 14.5. The molecule has 0 bridgehead atoms. The van der Waals surface area contributed by atoms with Crippen LogP contribution in [0.1, 0.15) is 22.4 Å². The van der Waals surface area contributed by atoms with Gasteiger partial charge in [-0.3, -0.25) is 4.57 Å². The summed E-state index contributed by atoms with van der Waals surface area (Å²) in [6.07, 6.45) is 7.04. The van der Waals surface area contributed by atoms with Crippen LogP contribution in [0.4, 0.5) is 5.82 Å². The van der Waals surface area contributed by atoms with Crippen molar-refractivity contribution >= 4 is 28.3 Å². The van der Waals surface area contributed by atoms with E-state index in [-0.39, 0.29) is 0 Å². The van der Waals surface area contributed by atoms with Crippen LogP contribution in [0.25, 0.3) is 38.9 Å². The summed E-state index contributed by atoms with van der Waals surface area (Å²) < 4.78 is 2.10. The van der Waals surface area contributed by atoms with Gasteiger partial charge in [0.25, 0.3) is 0 Å². The lowest BCUT2D eigenvalue weighted by atomic mass is 10.1. The minimum Gasteiger partial charge on any atom is -0.383 e. The van der Waals surface area contributed by atoms with Crippen LogP contribution >= 0.6 is 11.3 Å². The number of nitrogens with zero attached hydrogens (tertiary/aromatic N) is 5. The summed E-state index contributed by atoms with van der Waals surface area (Å²) in [7, 11) is 0. The number of aromatic nitrogens is 5. The standard InChI is InChI=1S/C24H20N6S/c1-14-13-27-24(31-14)20-10-9-19-23(29-20)30(17-8-7-15-4-2-5-16(15)12-17)22(28-19)18-6-3-11-26-21(18)25/h3,6-13H,2,4-5H2,1H3,(H2,25,26). The fraction of sp³-hybridized carbons (Fsp3) is 0.167. The molecule has 1 aliphatic rings. The van der Waals surface area contributed by atoms with E-state index in [2.05, 4.69) is 39.7 Å². The lowest BCUT2D eigenvalue weighted by Gasteiger charge is -2.12. The Labute approximate surface area is 183 Å². The van der Waals surface area contributed by atoms with Gasteiger partial charge in [-0.1, -0.05) is 6.07 Å². The first-order valence-electron chi connectivity index (χ1n) is 10.3. The number of nitrogen functional groups attached to an aromatic ring is 1. The molecule has 1 aromatic carbocycles. The quantitative estimate of drug-likeness (QED) is 0.441. The van der Waals surface area contributed by atoms with Gasteiger partial charge in [0.2, 0.25) is 0 Å². The van der Waals surface area contributed by atoms with E-state index >= 15 is 0 Å². The Morgan fingerprint density at radius 3 is 2.74 bits per heavy atom. The van der Waals surface area contributed by atoms with E-state index in [9.17, 15) is 0 Å². The molecule has 6 rings (SSSR count). The molecule has 152 valence electrons. The average Bonchev–Trinajstić information content (AvgIpc) is 3.50. The maximum absolute atomic E-state index is 6.24. The number of benzene rings is 1. The predicted molar refractivity (Wildman–Crippen MR) is 124 cm³/mol. The first-order chi connectivity index (χ1) is 15.2. The van der Waals surface area contributed by atoms with E-state index in [1.165, 1.54) is 17.5 Å². The summed E-state index contributed by atoms with van der Waals surface area (Å²) in [5, 5.41) is 0.906.